The minimum Gasteiger partial charge on any atom is -0.479 e. The highest BCUT2D eigenvalue weighted by Gasteiger charge is 2.54. The van der Waals surface area contributed by atoms with Gasteiger partial charge in [-0.25, -0.2) is 14.9 Å². The molecule has 4 unspecified atom stereocenters. The van der Waals surface area contributed by atoms with Crippen LogP contribution in [0.15, 0.2) is 6.33 Å². The zero-order chi connectivity index (χ0) is 31.9. The molecule has 2 aliphatic heterocycles. The molecule has 0 aromatic carbocycles. The maximum Gasteiger partial charge on any atom is 0.327 e. The summed E-state index contributed by atoms with van der Waals surface area (Å²) in [5, 5.41) is 27.1. The molecule has 18 nitrogen and oxygen atoms in total. The molecule has 3 amide bonds. The zero-order valence-corrected chi connectivity index (χ0v) is 26.0. The molecular formula is C23H35N8O10PS. The van der Waals surface area contributed by atoms with E-state index in [1.807, 2.05) is 0 Å². The van der Waals surface area contributed by atoms with Crippen molar-refractivity contribution in [2.45, 2.75) is 69.9 Å². The number of carbonyl (C=O) groups excluding carboxylic acids is 3. The summed E-state index contributed by atoms with van der Waals surface area (Å²) >= 11 is 0.686. The molecule has 2 fully saturated rings. The van der Waals surface area contributed by atoms with E-state index in [-0.39, 0.29) is 28.7 Å². The van der Waals surface area contributed by atoms with Crippen LogP contribution in [-0.4, -0.2) is 115 Å². The molecule has 0 spiro atoms. The summed E-state index contributed by atoms with van der Waals surface area (Å²) in [5.74, 6) is -1.46. The Balaban J connectivity index is 1.54. The van der Waals surface area contributed by atoms with Gasteiger partial charge >= 0.3 is 18.7 Å². The number of anilines is 1. The Bertz CT molecular complexity index is 1440. The lowest BCUT2D eigenvalue weighted by Crippen LogP contribution is -2.44. The molecule has 238 valence electrons. The number of hydrogen-bond acceptors (Lipinski definition) is 15. The van der Waals surface area contributed by atoms with Gasteiger partial charge in [0.25, 0.3) is 5.91 Å². The molecule has 2 saturated heterocycles. The van der Waals surface area contributed by atoms with E-state index in [0.717, 1.165) is 4.90 Å². The van der Waals surface area contributed by atoms with E-state index in [4.69, 9.17) is 24.5 Å². The highest BCUT2D eigenvalue weighted by atomic mass is 32.7. The van der Waals surface area contributed by atoms with Crippen LogP contribution in [0.1, 0.15) is 33.9 Å². The summed E-state index contributed by atoms with van der Waals surface area (Å²) < 4.78 is 37.5. The van der Waals surface area contributed by atoms with Crippen molar-refractivity contribution in [3.8, 4) is 5.88 Å². The number of likely N-dealkylation sites (N-methyl/N-ethyl adjacent to an activating group) is 1. The molecule has 0 saturated carbocycles. The Morgan fingerprint density at radius 2 is 2.05 bits per heavy atom. The molecule has 7 atom stereocenters. The highest BCUT2D eigenvalue weighted by Crippen LogP contribution is 2.57. The molecule has 0 radical (unpaired) electrons. The highest BCUT2D eigenvalue weighted by molar-refractivity contribution is 8.56. The van der Waals surface area contributed by atoms with Crippen LogP contribution in [0.2, 0.25) is 0 Å². The average Bonchev–Trinajstić information content (AvgIpc) is 3.52. The number of carbonyl (C=O) groups is 3. The topological polar surface area (TPSA) is 243 Å². The fourth-order valence-corrected chi connectivity index (χ4v) is 8.43. The van der Waals surface area contributed by atoms with Crippen LogP contribution in [0.5, 0.6) is 5.88 Å². The summed E-state index contributed by atoms with van der Waals surface area (Å²) in [4.78, 5) is 50.1. The van der Waals surface area contributed by atoms with Crippen molar-refractivity contribution < 1.29 is 47.9 Å². The molecule has 20 heteroatoms. The predicted octanol–water partition coefficient (Wildman–Crippen LogP) is -0.236. The Morgan fingerprint density at radius 3 is 2.65 bits per heavy atom. The summed E-state index contributed by atoms with van der Waals surface area (Å²) in [6.07, 6.45) is -3.16. The van der Waals surface area contributed by atoms with Gasteiger partial charge in [0.2, 0.25) is 11.8 Å². The van der Waals surface area contributed by atoms with Gasteiger partial charge in [-0.15, -0.1) is 0 Å². The first-order valence-corrected chi connectivity index (χ1v) is 16.3. The maximum absolute atomic E-state index is 14.0. The van der Waals surface area contributed by atoms with E-state index in [1.54, 1.807) is 13.8 Å². The molecular weight excluding hydrogens is 611 g/mol. The van der Waals surface area contributed by atoms with E-state index < -0.39 is 73.5 Å². The number of aliphatic hydroxyl groups is 2. The lowest BCUT2D eigenvalue weighted by molar-refractivity contribution is -0.149. The maximum atomic E-state index is 14.0. The molecule has 0 aliphatic carbocycles. The van der Waals surface area contributed by atoms with Crippen LogP contribution >= 0.6 is 18.1 Å². The quantitative estimate of drug-likeness (QED) is 0.114. The number of imide groups is 1. The summed E-state index contributed by atoms with van der Waals surface area (Å²) in [6, 6.07) is -2.66. The molecule has 6 N–H and O–H groups in total. The van der Waals surface area contributed by atoms with E-state index in [1.165, 1.54) is 38.9 Å². The summed E-state index contributed by atoms with van der Waals surface area (Å²) in [5.41, 5.74) is 4.27. The molecule has 0 bridgehead atoms. The molecule has 2 aliphatic rings. The number of hydrogen-bond donors (Lipinski definition) is 5. The number of nitrogens with one attached hydrogen (secondary N) is 2. The van der Waals surface area contributed by atoms with Gasteiger partial charge in [0.05, 0.1) is 26.1 Å². The van der Waals surface area contributed by atoms with Crippen molar-refractivity contribution in [1.82, 2.24) is 34.8 Å². The summed E-state index contributed by atoms with van der Waals surface area (Å²) in [7, 11) is 2.79. The van der Waals surface area contributed by atoms with Gasteiger partial charge in [-0.3, -0.25) is 24.0 Å². The largest absolute Gasteiger partial charge is 0.479 e. The smallest absolute Gasteiger partial charge is 0.327 e. The number of nitrogens with zero attached hydrogens (tertiary/aromatic N) is 5. The first-order chi connectivity index (χ1) is 20.1. The number of urea groups is 1. The number of fused-ring (bicyclic) bond motifs is 1. The minimum absolute atomic E-state index is 0.0942. The SMILES string of the molecule is COc1nc(N)nc2c1ncn2C1OC(COP(=O)(N[C@H](C)C(=O)OC(C)C)SCC2C(=O)NC(=O)N2C)[C@@H](O)[C@@]1(C)O. The number of methoxy groups -OCH3 is 1. The molecule has 2 aromatic heterocycles. The first kappa shape index (κ1) is 32.8. The molecule has 4 heterocycles. The van der Waals surface area contributed by atoms with Gasteiger partial charge < -0.3 is 39.6 Å². The Hall–Kier alpha value is -3.06. The number of aliphatic hydroxyl groups excluding tert-OH is 1. The van der Waals surface area contributed by atoms with Crippen molar-refractivity contribution in [3.05, 3.63) is 6.33 Å². The van der Waals surface area contributed by atoms with Gasteiger partial charge in [0, 0.05) is 12.8 Å². The van der Waals surface area contributed by atoms with Crippen molar-refractivity contribution in [1.29, 1.82) is 0 Å². The first-order valence-electron chi connectivity index (χ1n) is 13.1. The number of nitrogen functional groups attached to an aromatic ring is 1. The van der Waals surface area contributed by atoms with Crippen LogP contribution in [-0.2, 0) is 28.2 Å². The lowest BCUT2D eigenvalue weighted by Gasteiger charge is -2.27. The minimum atomic E-state index is -4.05. The number of imidazole rings is 1. The van der Waals surface area contributed by atoms with Gasteiger partial charge in [-0.05, 0) is 27.7 Å². The Morgan fingerprint density at radius 1 is 1.35 bits per heavy atom. The zero-order valence-electron chi connectivity index (χ0n) is 24.3. The number of nitrogens with two attached hydrogens (primary N) is 1. The lowest BCUT2D eigenvalue weighted by atomic mass is 9.96. The van der Waals surface area contributed by atoms with Crippen LogP contribution < -0.4 is 20.9 Å². The van der Waals surface area contributed by atoms with Gasteiger partial charge in [-0.1, -0.05) is 11.4 Å². The normalized spacial score (nSPS) is 27.9. The fraction of sp³-hybridized carbons (Fsp3) is 0.652. The van der Waals surface area contributed by atoms with Crippen LogP contribution in [0, 0.1) is 0 Å². The Labute approximate surface area is 250 Å². The van der Waals surface area contributed by atoms with Crippen molar-refractivity contribution >= 4 is 53.1 Å². The van der Waals surface area contributed by atoms with Crippen LogP contribution in [0.25, 0.3) is 11.2 Å². The van der Waals surface area contributed by atoms with Crippen molar-refractivity contribution in [2.24, 2.45) is 0 Å². The second-order valence-corrected chi connectivity index (χ2v) is 14.8. The average molecular weight is 647 g/mol. The predicted molar refractivity (Wildman–Crippen MR) is 152 cm³/mol. The van der Waals surface area contributed by atoms with E-state index >= 15 is 0 Å². The van der Waals surface area contributed by atoms with Crippen molar-refractivity contribution in [3.63, 3.8) is 0 Å². The third-order valence-electron chi connectivity index (χ3n) is 6.80. The van der Waals surface area contributed by atoms with Gasteiger partial charge in [-0.2, -0.15) is 9.97 Å². The second kappa shape index (κ2) is 12.5. The molecule has 4 rings (SSSR count). The third kappa shape index (κ3) is 6.72. The van der Waals surface area contributed by atoms with Crippen LogP contribution in [0.4, 0.5) is 10.7 Å². The van der Waals surface area contributed by atoms with Gasteiger partial charge in [0.1, 0.15) is 29.9 Å². The number of ether oxygens (including phenoxy) is 3. The number of aromatic nitrogens is 4. The number of rotatable bonds is 12. The number of esters is 1. The van der Waals surface area contributed by atoms with Gasteiger partial charge in [0.15, 0.2) is 17.4 Å². The van der Waals surface area contributed by atoms with E-state index in [0.29, 0.717) is 11.4 Å². The fourth-order valence-electron chi connectivity index (χ4n) is 4.46. The monoisotopic (exact) mass is 646 g/mol. The Kier molecular flexibility index (Phi) is 9.55. The second-order valence-electron chi connectivity index (χ2n) is 10.5. The van der Waals surface area contributed by atoms with Crippen LogP contribution in [0.3, 0.4) is 0 Å². The van der Waals surface area contributed by atoms with E-state index in [2.05, 4.69) is 25.4 Å². The summed E-state index contributed by atoms with van der Waals surface area (Å²) in [6.45, 7) is 1.49. The van der Waals surface area contributed by atoms with Crippen molar-refractivity contribution in [2.75, 3.05) is 32.3 Å². The number of amides is 3. The van der Waals surface area contributed by atoms with E-state index in [9.17, 15) is 29.2 Å². The molecule has 2 aromatic rings. The molecule has 43 heavy (non-hydrogen) atoms. The standard InChI is InChI=1S/C23H35N8O10PS/c1-10(2)40-19(34)11(3)29-42(37,43-8-12-17(33)27-22(35)30(12)5)39-7-13-15(32)23(4,36)20(41-13)31-9-25-14-16(31)26-21(24)28-18(14)38-6/h9-13,15,20,32,36H,7-8H2,1-6H3,(H,29,37)(H2,24,26,28)(H,27,33,35)/t11-,12?,13?,15-,20?,23-,42?/m1/s1. The third-order valence-corrected chi connectivity index (χ3v) is 10.9.